The van der Waals surface area contributed by atoms with Crippen molar-refractivity contribution in [2.75, 3.05) is 32.7 Å². The molecule has 1 aromatic heterocycles. The zero-order chi connectivity index (χ0) is 21.4. The molecule has 1 amide bonds. The molecule has 0 bridgehead atoms. The van der Waals surface area contributed by atoms with Crippen molar-refractivity contribution < 1.29 is 29.0 Å². The Balaban J connectivity index is 0.000000438. The standard InChI is InChI=1S/C16H19FN4OS.C2H2O4/c17-13-3-1-12(2-4-13)14-11-23-16(19-14)10-21-7-5-20(6-8-21)9-15(18)22;3-1(4)2(5)6/h1-4,11H,5-10H2,(H2,18,22);(H,3,4)(H,5,6). The molecule has 0 aliphatic carbocycles. The first-order valence-electron chi connectivity index (χ1n) is 8.64. The van der Waals surface area contributed by atoms with Crippen molar-refractivity contribution in [1.82, 2.24) is 14.8 Å². The van der Waals surface area contributed by atoms with E-state index in [4.69, 9.17) is 25.5 Å². The third kappa shape index (κ3) is 7.56. The number of rotatable bonds is 5. The number of nitrogens with two attached hydrogens (primary N) is 1. The third-order valence-electron chi connectivity index (χ3n) is 4.08. The van der Waals surface area contributed by atoms with Gasteiger partial charge in [0, 0.05) is 37.1 Å². The normalized spacial score (nSPS) is 14.7. The highest BCUT2D eigenvalue weighted by Crippen LogP contribution is 2.23. The molecular formula is C18H21FN4O5S. The molecule has 156 valence electrons. The van der Waals surface area contributed by atoms with Crippen LogP contribution in [0.25, 0.3) is 11.3 Å². The quantitative estimate of drug-likeness (QED) is 0.597. The maximum Gasteiger partial charge on any atom is 0.414 e. The molecule has 0 atom stereocenters. The molecule has 0 radical (unpaired) electrons. The summed E-state index contributed by atoms with van der Waals surface area (Å²) in [6.45, 7) is 4.63. The molecule has 1 aliphatic heterocycles. The summed E-state index contributed by atoms with van der Waals surface area (Å²) in [6.07, 6.45) is 0. The molecule has 2 heterocycles. The topological polar surface area (TPSA) is 137 Å². The van der Waals surface area contributed by atoms with Crippen molar-refractivity contribution in [2.24, 2.45) is 5.73 Å². The minimum Gasteiger partial charge on any atom is -0.473 e. The van der Waals surface area contributed by atoms with Gasteiger partial charge < -0.3 is 15.9 Å². The Labute approximate surface area is 170 Å². The van der Waals surface area contributed by atoms with Gasteiger partial charge in [-0.15, -0.1) is 11.3 Å². The Morgan fingerprint density at radius 2 is 1.59 bits per heavy atom. The molecular weight excluding hydrogens is 403 g/mol. The summed E-state index contributed by atoms with van der Waals surface area (Å²) in [5.74, 6) is -4.16. The van der Waals surface area contributed by atoms with Crippen LogP contribution in [-0.4, -0.2) is 75.6 Å². The van der Waals surface area contributed by atoms with E-state index in [9.17, 15) is 9.18 Å². The fraction of sp³-hybridized carbons (Fsp3) is 0.333. The molecule has 0 spiro atoms. The Morgan fingerprint density at radius 3 is 2.10 bits per heavy atom. The first-order valence-corrected chi connectivity index (χ1v) is 9.52. The largest absolute Gasteiger partial charge is 0.473 e. The average molecular weight is 424 g/mol. The number of aliphatic carboxylic acids is 2. The highest BCUT2D eigenvalue weighted by molar-refractivity contribution is 7.09. The van der Waals surface area contributed by atoms with Crippen molar-refractivity contribution >= 4 is 29.2 Å². The Hall–Kier alpha value is -2.89. The molecule has 1 saturated heterocycles. The second-order valence-corrected chi connectivity index (χ2v) is 7.20. The van der Waals surface area contributed by atoms with E-state index in [1.54, 1.807) is 23.5 Å². The number of piperazine rings is 1. The smallest absolute Gasteiger partial charge is 0.414 e. The van der Waals surface area contributed by atoms with Crippen LogP contribution in [0.2, 0.25) is 0 Å². The van der Waals surface area contributed by atoms with Crippen LogP contribution in [0, 0.1) is 5.82 Å². The van der Waals surface area contributed by atoms with Crippen molar-refractivity contribution in [2.45, 2.75) is 6.54 Å². The van der Waals surface area contributed by atoms with Crippen LogP contribution in [0.5, 0.6) is 0 Å². The SMILES string of the molecule is NC(=O)CN1CCN(Cc2nc(-c3ccc(F)cc3)cs2)CC1.O=C(O)C(=O)O. The van der Waals surface area contributed by atoms with Crippen molar-refractivity contribution in [3.63, 3.8) is 0 Å². The maximum atomic E-state index is 13.0. The fourth-order valence-electron chi connectivity index (χ4n) is 2.65. The molecule has 9 nitrogen and oxygen atoms in total. The number of halogens is 1. The van der Waals surface area contributed by atoms with Crippen LogP contribution < -0.4 is 5.73 Å². The molecule has 11 heteroatoms. The lowest BCUT2D eigenvalue weighted by atomic mass is 10.2. The van der Waals surface area contributed by atoms with Crippen molar-refractivity contribution in [3.05, 3.63) is 40.5 Å². The number of carboxylic acid groups (broad SMARTS) is 2. The van der Waals surface area contributed by atoms with Gasteiger partial charge >= 0.3 is 11.9 Å². The van der Waals surface area contributed by atoms with E-state index >= 15 is 0 Å². The molecule has 1 aromatic carbocycles. The van der Waals surface area contributed by atoms with Gasteiger partial charge in [0.15, 0.2) is 0 Å². The number of carbonyl (C=O) groups excluding carboxylic acids is 1. The zero-order valence-electron chi connectivity index (χ0n) is 15.5. The van der Waals surface area contributed by atoms with Crippen molar-refractivity contribution in [3.8, 4) is 11.3 Å². The predicted molar refractivity (Wildman–Crippen MR) is 104 cm³/mol. The van der Waals surface area contributed by atoms with Gasteiger partial charge in [0.05, 0.1) is 18.8 Å². The van der Waals surface area contributed by atoms with Crippen LogP contribution >= 0.6 is 11.3 Å². The van der Waals surface area contributed by atoms with Crippen LogP contribution in [-0.2, 0) is 20.9 Å². The molecule has 2 aromatic rings. The number of benzene rings is 1. The lowest BCUT2D eigenvalue weighted by molar-refractivity contribution is -0.159. The van der Waals surface area contributed by atoms with Gasteiger partial charge in [-0.1, -0.05) is 0 Å². The van der Waals surface area contributed by atoms with Crippen LogP contribution in [0.1, 0.15) is 5.01 Å². The maximum absolute atomic E-state index is 13.0. The molecule has 4 N–H and O–H groups in total. The minimum absolute atomic E-state index is 0.238. The highest BCUT2D eigenvalue weighted by Gasteiger charge is 2.19. The van der Waals surface area contributed by atoms with Gasteiger partial charge in [-0.05, 0) is 24.3 Å². The van der Waals surface area contributed by atoms with E-state index in [2.05, 4.69) is 14.8 Å². The summed E-state index contributed by atoms with van der Waals surface area (Å²) in [5, 5.41) is 17.8. The second-order valence-electron chi connectivity index (χ2n) is 6.26. The third-order valence-corrected chi connectivity index (χ3v) is 4.91. The second kappa shape index (κ2) is 10.6. The van der Waals surface area contributed by atoms with Gasteiger partial charge in [0.25, 0.3) is 0 Å². The number of carbonyl (C=O) groups is 3. The molecule has 1 aliphatic rings. The van der Waals surface area contributed by atoms with Gasteiger partial charge in [-0.2, -0.15) is 0 Å². The van der Waals surface area contributed by atoms with E-state index in [0.717, 1.165) is 49.0 Å². The number of aromatic nitrogens is 1. The first-order chi connectivity index (χ1) is 13.7. The monoisotopic (exact) mass is 424 g/mol. The summed E-state index contributed by atoms with van der Waals surface area (Å²) in [7, 11) is 0. The van der Waals surface area contributed by atoms with E-state index in [-0.39, 0.29) is 11.7 Å². The summed E-state index contributed by atoms with van der Waals surface area (Å²) in [5.41, 5.74) is 7.04. The number of primary amides is 1. The fourth-order valence-corrected chi connectivity index (χ4v) is 3.50. The van der Waals surface area contributed by atoms with E-state index in [1.807, 2.05) is 5.38 Å². The predicted octanol–water partition coefficient (Wildman–Crippen LogP) is 0.708. The van der Waals surface area contributed by atoms with Gasteiger partial charge in [-0.3, -0.25) is 14.6 Å². The number of hydrogen-bond acceptors (Lipinski definition) is 7. The van der Waals surface area contributed by atoms with E-state index < -0.39 is 11.9 Å². The molecule has 0 unspecified atom stereocenters. The number of hydrogen-bond donors (Lipinski definition) is 3. The van der Waals surface area contributed by atoms with Crippen molar-refractivity contribution in [1.29, 1.82) is 0 Å². The molecule has 1 fully saturated rings. The first kappa shape index (κ1) is 22.4. The number of carboxylic acids is 2. The molecule has 0 saturated carbocycles. The van der Waals surface area contributed by atoms with Crippen LogP contribution in [0.3, 0.4) is 0 Å². The molecule has 29 heavy (non-hydrogen) atoms. The Morgan fingerprint density at radius 1 is 1.03 bits per heavy atom. The Bertz CT molecular complexity index is 838. The number of nitrogens with zero attached hydrogens (tertiary/aromatic N) is 3. The number of amides is 1. The zero-order valence-corrected chi connectivity index (χ0v) is 16.3. The van der Waals surface area contributed by atoms with E-state index in [1.165, 1.54) is 12.1 Å². The summed E-state index contributed by atoms with van der Waals surface area (Å²) in [4.78, 5) is 38.2. The lowest BCUT2D eigenvalue weighted by Crippen LogP contribution is -2.48. The van der Waals surface area contributed by atoms with Gasteiger partial charge in [0.1, 0.15) is 10.8 Å². The van der Waals surface area contributed by atoms with Crippen LogP contribution in [0.4, 0.5) is 4.39 Å². The number of thiazole rings is 1. The molecule has 3 rings (SSSR count). The van der Waals surface area contributed by atoms with Crippen LogP contribution in [0.15, 0.2) is 29.6 Å². The Kier molecular flexibility index (Phi) is 8.19. The van der Waals surface area contributed by atoms with E-state index in [0.29, 0.717) is 6.54 Å². The lowest BCUT2D eigenvalue weighted by Gasteiger charge is -2.33. The van der Waals surface area contributed by atoms with Gasteiger partial charge in [0.2, 0.25) is 5.91 Å². The summed E-state index contributed by atoms with van der Waals surface area (Å²) < 4.78 is 13.0. The summed E-state index contributed by atoms with van der Waals surface area (Å²) >= 11 is 1.62. The average Bonchev–Trinajstić information content (AvgIpc) is 3.12. The summed E-state index contributed by atoms with van der Waals surface area (Å²) in [6, 6.07) is 6.39. The highest BCUT2D eigenvalue weighted by atomic mass is 32.1. The minimum atomic E-state index is -1.82. The van der Waals surface area contributed by atoms with Gasteiger partial charge in [-0.25, -0.2) is 19.0 Å².